The maximum Gasteiger partial charge on any atom is 0.231 e. The number of ether oxygens (including phenoxy) is 3. The summed E-state index contributed by atoms with van der Waals surface area (Å²) in [6.07, 6.45) is 0. The second-order valence-electron chi connectivity index (χ2n) is 3.58. The summed E-state index contributed by atoms with van der Waals surface area (Å²) in [6.45, 7) is 0.232. The van der Waals surface area contributed by atoms with E-state index in [1.807, 2.05) is 0 Å². The van der Waals surface area contributed by atoms with Crippen LogP contribution in [0.4, 0.5) is 0 Å². The van der Waals surface area contributed by atoms with Crippen molar-refractivity contribution in [1.82, 2.24) is 0 Å². The number of phenols is 1. The quantitative estimate of drug-likeness (QED) is 0.861. The molecule has 0 saturated carbocycles. The topological polar surface area (TPSA) is 47.9 Å². The monoisotopic (exact) mass is 230 g/mol. The first kappa shape index (κ1) is 9.84. The lowest BCUT2D eigenvalue weighted by atomic mass is 10.3. The highest BCUT2D eigenvalue weighted by Crippen LogP contribution is 2.38. The number of benzene rings is 2. The Morgan fingerprint density at radius 3 is 2.71 bits per heavy atom. The van der Waals surface area contributed by atoms with Crippen LogP contribution in [0, 0.1) is 0 Å². The standard InChI is InChI=1S/C13H10O4/c14-10-3-1-2-4-11(10)17-9-5-6-12-13(7-9)16-8-15-12/h1-7,14H,8H2. The summed E-state index contributed by atoms with van der Waals surface area (Å²) in [4.78, 5) is 0. The first-order chi connectivity index (χ1) is 8.33. The van der Waals surface area contributed by atoms with E-state index >= 15 is 0 Å². The number of hydrogen-bond donors (Lipinski definition) is 1. The van der Waals surface area contributed by atoms with Crippen molar-refractivity contribution >= 4 is 0 Å². The highest BCUT2D eigenvalue weighted by atomic mass is 16.7. The van der Waals surface area contributed by atoms with E-state index in [1.165, 1.54) is 0 Å². The third-order valence-corrected chi connectivity index (χ3v) is 2.44. The third-order valence-electron chi connectivity index (χ3n) is 2.44. The summed E-state index contributed by atoms with van der Waals surface area (Å²) in [5.41, 5.74) is 0. The van der Waals surface area contributed by atoms with Crippen LogP contribution in [0.2, 0.25) is 0 Å². The molecule has 0 fully saturated rings. The third kappa shape index (κ3) is 1.85. The van der Waals surface area contributed by atoms with Crippen LogP contribution in [-0.2, 0) is 0 Å². The molecule has 17 heavy (non-hydrogen) atoms. The number of para-hydroxylation sites is 2. The Kier molecular flexibility index (Phi) is 2.26. The highest BCUT2D eigenvalue weighted by Gasteiger charge is 2.14. The zero-order chi connectivity index (χ0) is 11.7. The zero-order valence-corrected chi connectivity index (χ0v) is 8.92. The van der Waals surface area contributed by atoms with Crippen molar-refractivity contribution in [3.8, 4) is 28.7 Å². The van der Waals surface area contributed by atoms with Crippen LogP contribution in [0.5, 0.6) is 28.7 Å². The van der Waals surface area contributed by atoms with Crippen LogP contribution in [0.15, 0.2) is 42.5 Å². The lowest BCUT2D eigenvalue weighted by molar-refractivity contribution is 0.174. The second-order valence-corrected chi connectivity index (χ2v) is 3.58. The van der Waals surface area contributed by atoms with Crippen molar-refractivity contribution in [3.05, 3.63) is 42.5 Å². The van der Waals surface area contributed by atoms with Crippen LogP contribution in [0.25, 0.3) is 0 Å². The fourth-order valence-corrected chi connectivity index (χ4v) is 1.61. The van der Waals surface area contributed by atoms with E-state index in [-0.39, 0.29) is 12.5 Å². The largest absolute Gasteiger partial charge is 0.504 e. The van der Waals surface area contributed by atoms with Crippen molar-refractivity contribution in [1.29, 1.82) is 0 Å². The number of phenolic OH excluding ortho intramolecular Hbond substituents is 1. The molecule has 1 heterocycles. The van der Waals surface area contributed by atoms with Crippen LogP contribution in [0.3, 0.4) is 0 Å². The van der Waals surface area contributed by atoms with Gasteiger partial charge in [0.2, 0.25) is 6.79 Å². The van der Waals surface area contributed by atoms with Gasteiger partial charge in [-0.25, -0.2) is 0 Å². The summed E-state index contributed by atoms with van der Waals surface area (Å²) in [7, 11) is 0. The van der Waals surface area contributed by atoms with Crippen LogP contribution >= 0.6 is 0 Å². The molecule has 0 atom stereocenters. The Balaban J connectivity index is 1.89. The van der Waals surface area contributed by atoms with Crippen molar-refractivity contribution in [2.75, 3.05) is 6.79 Å². The summed E-state index contributed by atoms with van der Waals surface area (Å²) in [5.74, 6) is 2.46. The average Bonchev–Trinajstić information content (AvgIpc) is 2.79. The molecule has 4 nitrogen and oxygen atoms in total. The van der Waals surface area contributed by atoms with Crippen LogP contribution in [-0.4, -0.2) is 11.9 Å². The maximum absolute atomic E-state index is 9.58. The van der Waals surface area contributed by atoms with Gasteiger partial charge in [-0.05, 0) is 24.3 Å². The van der Waals surface area contributed by atoms with Gasteiger partial charge in [0.05, 0.1) is 0 Å². The van der Waals surface area contributed by atoms with Gasteiger partial charge >= 0.3 is 0 Å². The van der Waals surface area contributed by atoms with Crippen molar-refractivity contribution in [3.63, 3.8) is 0 Å². The van der Waals surface area contributed by atoms with E-state index in [9.17, 15) is 5.11 Å². The minimum atomic E-state index is 0.102. The number of aromatic hydroxyl groups is 1. The molecule has 0 saturated heterocycles. The molecule has 1 N–H and O–H groups in total. The molecule has 4 heteroatoms. The first-order valence-electron chi connectivity index (χ1n) is 5.18. The maximum atomic E-state index is 9.58. The van der Waals surface area contributed by atoms with Gasteiger partial charge in [-0.3, -0.25) is 0 Å². The second kappa shape index (κ2) is 3.90. The normalized spacial score (nSPS) is 12.5. The fraction of sp³-hybridized carbons (Fsp3) is 0.0769. The molecule has 0 spiro atoms. The molecular weight excluding hydrogens is 220 g/mol. The minimum Gasteiger partial charge on any atom is -0.504 e. The molecule has 0 radical (unpaired) electrons. The van der Waals surface area contributed by atoms with Gasteiger partial charge in [-0.2, -0.15) is 0 Å². The molecule has 2 aromatic rings. The molecule has 3 rings (SSSR count). The number of fused-ring (bicyclic) bond motifs is 1. The first-order valence-corrected chi connectivity index (χ1v) is 5.18. The Hall–Kier alpha value is -2.36. The van der Waals surface area contributed by atoms with E-state index in [0.717, 1.165) is 0 Å². The van der Waals surface area contributed by atoms with Crippen LogP contribution in [0.1, 0.15) is 0 Å². The van der Waals surface area contributed by atoms with Crippen molar-refractivity contribution < 1.29 is 19.3 Å². The summed E-state index contributed by atoms with van der Waals surface area (Å²) in [5, 5.41) is 9.58. The molecule has 1 aliphatic rings. The van der Waals surface area contributed by atoms with Gasteiger partial charge < -0.3 is 19.3 Å². The van der Waals surface area contributed by atoms with Gasteiger partial charge in [-0.1, -0.05) is 12.1 Å². The smallest absolute Gasteiger partial charge is 0.231 e. The molecular formula is C13H10O4. The number of rotatable bonds is 2. The van der Waals surface area contributed by atoms with Gasteiger partial charge in [0.1, 0.15) is 5.75 Å². The van der Waals surface area contributed by atoms with E-state index < -0.39 is 0 Å². The van der Waals surface area contributed by atoms with E-state index in [4.69, 9.17) is 14.2 Å². The minimum absolute atomic E-state index is 0.102. The molecule has 2 aromatic carbocycles. The fourth-order valence-electron chi connectivity index (χ4n) is 1.61. The van der Waals surface area contributed by atoms with Gasteiger partial charge in [0, 0.05) is 6.07 Å². The van der Waals surface area contributed by atoms with E-state index in [0.29, 0.717) is 23.0 Å². The Morgan fingerprint density at radius 1 is 1.00 bits per heavy atom. The average molecular weight is 230 g/mol. The predicted octanol–water partition coefficient (Wildman–Crippen LogP) is 2.91. The number of hydrogen-bond acceptors (Lipinski definition) is 4. The summed E-state index contributed by atoms with van der Waals surface area (Å²) >= 11 is 0. The van der Waals surface area contributed by atoms with E-state index in [2.05, 4.69) is 0 Å². The van der Waals surface area contributed by atoms with E-state index in [1.54, 1.807) is 42.5 Å². The summed E-state index contributed by atoms with van der Waals surface area (Å²) in [6, 6.07) is 12.1. The van der Waals surface area contributed by atoms with Gasteiger partial charge in [0.25, 0.3) is 0 Å². The molecule has 0 bridgehead atoms. The molecule has 1 aliphatic heterocycles. The van der Waals surface area contributed by atoms with Crippen molar-refractivity contribution in [2.45, 2.75) is 0 Å². The Bertz CT molecular complexity index is 551. The molecule has 86 valence electrons. The van der Waals surface area contributed by atoms with Crippen molar-refractivity contribution in [2.24, 2.45) is 0 Å². The zero-order valence-electron chi connectivity index (χ0n) is 8.92. The van der Waals surface area contributed by atoms with Gasteiger partial charge in [-0.15, -0.1) is 0 Å². The SMILES string of the molecule is Oc1ccccc1Oc1ccc2c(c1)OCO2. The Labute approximate surface area is 98.0 Å². The highest BCUT2D eigenvalue weighted by molar-refractivity contribution is 5.49. The van der Waals surface area contributed by atoms with Crippen LogP contribution < -0.4 is 14.2 Å². The predicted molar refractivity (Wildman–Crippen MR) is 60.7 cm³/mol. The molecule has 0 amide bonds. The molecule has 0 aromatic heterocycles. The van der Waals surface area contributed by atoms with Gasteiger partial charge in [0.15, 0.2) is 23.0 Å². The summed E-state index contributed by atoms with van der Waals surface area (Å²) < 4.78 is 16.0. The lowest BCUT2D eigenvalue weighted by Gasteiger charge is -2.07. The molecule has 0 unspecified atom stereocenters. The Morgan fingerprint density at radius 2 is 1.82 bits per heavy atom. The molecule has 0 aliphatic carbocycles. The lowest BCUT2D eigenvalue weighted by Crippen LogP contribution is -1.92.